The second kappa shape index (κ2) is 5.12. The summed E-state index contributed by atoms with van der Waals surface area (Å²) in [5.41, 5.74) is 2.13. The van der Waals surface area contributed by atoms with Crippen molar-refractivity contribution < 1.29 is 8.42 Å². The Morgan fingerprint density at radius 2 is 2.20 bits per heavy atom. The summed E-state index contributed by atoms with van der Waals surface area (Å²) in [6.07, 6.45) is 1.77. The molecule has 6 heteroatoms. The molecule has 0 spiro atoms. The van der Waals surface area contributed by atoms with Crippen LogP contribution in [-0.2, 0) is 21.7 Å². The van der Waals surface area contributed by atoms with Crippen molar-refractivity contribution in [1.29, 1.82) is 0 Å². The minimum Gasteiger partial charge on any atom is -0.269 e. The molecule has 1 heterocycles. The summed E-state index contributed by atoms with van der Waals surface area (Å²) in [5.74, 6) is 0.354. The Labute approximate surface area is 98.7 Å². The highest BCUT2D eigenvalue weighted by molar-refractivity contribution is 9.08. The summed E-state index contributed by atoms with van der Waals surface area (Å²) in [6, 6.07) is 0. The molecule has 0 aromatic carbocycles. The van der Waals surface area contributed by atoms with E-state index in [1.165, 1.54) is 0 Å². The lowest BCUT2D eigenvalue weighted by molar-refractivity contribution is 0.578. The van der Waals surface area contributed by atoms with Gasteiger partial charge in [0.25, 0.3) is 0 Å². The van der Waals surface area contributed by atoms with E-state index >= 15 is 0 Å². The number of aryl methyl sites for hydroxylation is 1. The molecule has 4 nitrogen and oxygen atoms in total. The minimum absolute atomic E-state index is 0.160. The van der Waals surface area contributed by atoms with Gasteiger partial charge < -0.3 is 0 Å². The Morgan fingerprint density at radius 3 is 2.67 bits per heavy atom. The van der Waals surface area contributed by atoms with Crippen LogP contribution in [0, 0.1) is 6.92 Å². The van der Waals surface area contributed by atoms with Crippen molar-refractivity contribution in [1.82, 2.24) is 9.78 Å². The zero-order valence-corrected chi connectivity index (χ0v) is 11.3. The van der Waals surface area contributed by atoms with Crippen LogP contribution >= 0.6 is 15.9 Å². The second-order valence-electron chi connectivity index (χ2n) is 3.35. The zero-order valence-electron chi connectivity index (χ0n) is 8.90. The van der Waals surface area contributed by atoms with Crippen LogP contribution in [0.5, 0.6) is 0 Å². The van der Waals surface area contributed by atoms with Gasteiger partial charge in [0.1, 0.15) is 0 Å². The lowest BCUT2D eigenvalue weighted by atomic mass is 10.3. The van der Waals surface area contributed by atoms with Gasteiger partial charge >= 0.3 is 0 Å². The number of rotatable bonds is 5. The summed E-state index contributed by atoms with van der Waals surface area (Å²) < 4.78 is 24.4. The van der Waals surface area contributed by atoms with Crippen LogP contribution in [0.25, 0.3) is 0 Å². The third-order valence-electron chi connectivity index (χ3n) is 2.40. The third kappa shape index (κ3) is 3.31. The normalized spacial score (nSPS) is 11.9. The van der Waals surface area contributed by atoms with Gasteiger partial charge in [-0.05, 0) is 6.92 Å². The van der Waals surface area contributed by atoms with E-state index in [1.807, 2.05) is 6.92 Å². The molecular formula is C9H15BrN2O2S. The minimum atomic E-state index is -2.90. The molecular weight excluding hydrogens is 280 g/mol. The molecule has 0 saturated carbocycles. The summed E-state index contributed by atoms with van der Waals surface area (Å²) in [5, 5.41) is 4.90. The monoisotopic (exact) mass is 294 g/mol. The van der Waals surface area contributed by atoms with Crippen molar-refractivity contribution in [2.75, 3.05) is 11.5 Å². The van der Waals surface area contributed by atoms with Crippen LogP contribution in [0.2, 0.25) is 0 Å². The van der Waals surface area contributed by atoms with Crippen molar-refractivity contribution >= 4 is 25.8 Å². The average molecular weight is 295 g/mol. The van der Waals surface area contributed by atoms with E-state index < -0.39 is 9.84 Å². The Balaban J connectivity index is 2.70. The first-order valence-electron chi connectivity index (χ1n) is 4.78. The molecule has 0 aliphatic heterocycles. The number of sulfone groups is 1. The van der Waals surface area contributed by atoms with E-state index in [-0.39, 0.29) is 11.5 Å². The van der Waals surface area contributed by atoms with E-state index in [1.54, 1.807) is 17.8 Å². The average Bonchev–Trinajstić information content (AvgIpc) is 2.57. The van der Waals surface area contributed by atoms with Gasteiger partial charge in [0.05, 0.1) is 18.5 Å². The molecule has 15 heavy (non-hydrogen) atoms. The molecule has 0 N–H and O–H groups in total. The smallest absolute Gasteiger partial charge is 0.151 e. The molecule has 1 rings (SSSR count). The predicted molar refractivity (Wildman–Crippen MR) is 63.9 cm³/mol. The van der Waals surface area contributed by atoms with E-state index in [0.717, 1.165) is 16.6 Å². The SMILES string of the molecule is CCS(=O)(=O)CCn1ncc(CBr)c1C. The molecule has 0 aliphatic carbocycles. The van der Waals surface area contributed by atoms with E-state index in [9.17, 15) is 8.42 Å². The highest BCUT2D eigenvalue weighted by Crippen LogP contribution is 2.11. The summed E-state index contributed by atoms with van der Waals surface area (Å²) >= 11 is 3.35. The van der Waals surface area contributed by atoms with Crippen molar-refractivity contribution in [3.63, 3.8) is 0 Å². The predicted octanol–water partition coefficient (Wildman–Crippen LogP) is 1.52. The van der Waals surface area contributed by atoms with Crippen molar-refractivity contribution in [3.8, 4) is 0 Å². The molecule has 0 unspecified atom stereocenters. The van der Waals surface area contributed by atoms with Crippen molar-refractivity contribution in [2.24, 2.45) is 0 Å². The van der Waals surface area contributed by atoms with Gasteiger partial charge in [0.15, 0.2) is 9.84 Å². The molecule has 86 valence electrons. The first-order chi connectivity index (χ1) is 7.00. The fourth-order valence-corrected chi connectivity index (χ4v) is 2.50. The summed E-state index contributed by atoms with van der Waals surface area (Å²) in [6.45, 7) is 4.05. The van der Waals surface area contributed by atoms with Crippen LogP contribution in [-0.4, -0.2) is 29.7 Å². The number of aromatic nitrogens is 2. The van der Waals surface area contributed by atoms with Gasteiger partial charge in [0, 0.05) is 22.3 Å². The number of halogens is 1. The van der Waals surface area contributed by atoms with Crippen molar-refractivity contribution in [2.45, 2.75) is 25.7 Å². The van der Waals surface area contributed by atoms with Gasteiger partial charge in [-0.15, -0.1) is 0 Å². The van der Waals surface area contributed by atoms with Crippen LogP contribution < -0.4 is 0 Å². The van der Waals surface area contributed by atoms with Crippen LogP contribution in [0.3, 0.4) is 0 Å². The first kappa shape index (κ1) is 12.7. The molecule has 0 saturated heterocycles. The van der Waals surface area contributed by atoms with Crippen LogP contribution in [0.1, 0.15) is 18.2 Å². The van der Waals surface area contributed by atoms with Gasteiger partial charge in [-0.1, -0.05) is 22.9 Å². The van der Waals surface area contributed by atoms with Crippen LogP contribution in [0.4, 0.5) is 0 Å². The van der Waals surface area contributed by atoms with Gasteiger partial charge in [-0.25, -0.2) is 8.42 Å². The third-order valence-corrected chi connectivity index (χ3v) is 4.69. The lowest BCUT2D eigenvalue weighted by Crippen LogP contribution is -2.16. The standard InChI is InChI=1S/C9H15BrN2O2S/c1-3-15(13,14)5-4-12-8(2)9(6-10)7-11-12/h7H,3-6H2,1-2H3. The fourth-order valence-electron chi connectivity index (χ4n) is 1.21. The topological polar surface area (TPSA) is 52.0 Å². The van der Waals surface area contributed by atoms with Gasteiger partial charge in [0.2, 0.25) is 0 Å². The summed E-state index contributed by atoms with van der Waals surface area (Å²) in [4.78, 5) is 0. The van der Waals surface area contributed by atoms with Gasteiger partial charge in [-0.2, -0.15) is 5.10 Å². The molecule has 0 fully saturated rings. The molecule has 0 bridgehead atoms. The lowest BCUT2D eigenvalue weighted by Gasteiger charge is -2.04. The highest BCUT2D eigenvalue weighted by Gasteiger charge is 2.10. The maximum Gasteiger partial charge on any atom is 0.151 e. The number of hydrogen-bond acceptors (Lipinski definition) is 3. The van der Waals surface area contributed by atoms with E-state index in [4.69, 9.17) is 0 Å². The first-order valence-corrected chi connectivity index (χ1v) is 7.72. The molecule has 0 amide bonds. The number of nitrogens with zero attached hydrogens (tertiary/aromatic N) is 2. The Morgan fingerprint density at radius 1 is 1.53 bits per heavy atom. The zero-order chi connectivity index (χ0) is 11.5. The largest absolute Gasteiger partial charge is 0.269 e. The Kier molecular flexibility index (Phi) is 4.33. The number of alkyl halides is 1. The van der Waals surface area contributed by atoms with E-state index in [0.29, 0.717) is 6.54 Å². The molecule has 0 atom stereocenters. The Hall–Kier alpha value is -0.360. The van der Waals surface area contributed by atoms with Crippen molar-refractivity contribution in [3.05, 3.63) is 17.5 Å². The Bertz CT molecular complexity index is 425. The quantitative estimate of drug-likeness (QED) is 0.774. The molecule has 0 radical (unpaired) electrons. The maximum atomic E-state index is 11.3. The number of hydrogen-bond donors (Lipinski definition) is 0. The maximum absolute atomic E-state index is 11.3. The molecule has 0 aliphatic rings. The fraction of sp³-hybridized carbons (Fsp3) is 0.667. The summed E-state index contributed by atoms with van der Waals surface area (Å²) in [7, 11) is -2.90. The van der Waals surface area contributed by atoms with Crippen LogP contribution in [0.15, 0.2) is 6.20 Å². The molecule has 1 aromatic rings. The highest BCUT2D eigenvalue weighted by atomic mass is 79.9. The molecule has 1 aromatic heterocycles. The van der Waals surface area contributed by atoms with Gasteiger partial charge in [-0.3, -0.25) is 4.68 Å². The van der Waals surface area contributed by atoms with E-state index in [2.05, 4.69) is 21.0 Å². The second-order valence-corrected chi connectivity index (χ2v) is 6.38.